The van der Waals surface area contributed by atoms with Gasteiger partial charge in [-0.05, 0) is 35.6 Å². The first-order valence-electron chi connectivity index (χ1n) is 6.67. The number of aryl methyl sites for hydroxylation is 1. The first-order chi connectivity index (χ1) is 9.20. The number of rotatable bonds is 5. The summed E-state index contributed by atoms with van der Waals surface area (Å²) in [5.41, 5.74) is 3.90. The lowest BCUT2D eigenvalue weighted by Crippen LogP contribution is -1.96. The third kappa shape index (κ3) is 4.09. The van der Waals surface area contributed by atoms with Crippen LogP contribution in [0, 0.1) is 0 Å². The second-order valence-corrected chi connectivity index (χ2v) is 6.27. The van der Waals surface area contributed by atoms with E-state index in [0.717, 1.165) is 17.9 Å². The van der Waals surface area contributed by atoms with Crippen LogP contribution in [0.3, 0.4) is 0 Å². The molecular formula is C17H18BrCl. The smallest absolute Gasteiger partial charge is 0.0438 e. The van der Waals surface area contributed by atoms with Crippen molar-refractivity contribution >= 4 is 27.5 Å². The summed E-state index contributed by atoms with van der Waals surface area (Å²) in [7, 11) is 0. The SMILES string of the molecule is CCCc1ccc(C(Br)Cc2ccccc2Cl)cc1. The van der Waals surface area contributed by atoms with Crippen molar-refractivity contribution in [2.75, 3.05) is 0 Å². The van der Waals surface area contributed by atoms with E-state index in [1.807, 2.05) is 18.2 Å². The predicted octanol–water partition coefficient (Wildman–Crippen LogP) is 5.97. The van der Waals surface area contributed by atoms with Crippen LogP contribution in [-0.4, -0.2) is 0 Å². The Balaban J connectivity index is 2.07. The highest BCUT2D eigenvalue weighted by Gasteiger charge is 2.10. The zero-order valence-electron chi connectivity index (χ0n) is 11.1. The van der Waals surface area contributed by atoms with Crippen molar-refractivity contribution in [3.05, 3.63) is 70.2 Å². The molecule has 2 aromatic rings. The molecule has 0 N–H and O–H groups in total. The highest BCUT2D eigenvalue weighted by Crippen LogP contribution is 2.30. The molecule has 1 unspecified atom stereocenters. The molecule has 2 aromatic carbocycles. The minimum absolute atomic E-state index is 0.308. The Kier molecular flexibility index (Phi) is 5.47. The molecule has 0 bridgehead atoms. The second kappa shape index (κ2) is 7.12. The molecule has 0 aliphatic carbocycles. The summed E-state index contributed by atoms with van der Waals surface area (Å²) in [5.74, 6) is 0. The van der Waals surface area contributed by atoms with Crippen molar-refractivity contribution in [1.29, 1.82) is 0 Å². The summed E-state index contributed by atoms with van der Waals surface area (Å²) < 4.78 is 0. The molecule has 0 fully saturated rings. The van der Waals surface area contributed by atoms with Crippen LogP contribution >= 0.6 is 27.5 Å². The van der Waals surface area contributed by atoms with Gasteiger partial charge < -0.3 is 0 Å². The van der Waals surface area contributed by atoms with E-state index in [-0.39, 0.29) is 0 Å². The van der Waals surface area contributed by atoms with E-state index in [4.69, 9.17) is 11.6 Å². The molecule has 0 saturated carbocycles. The fraction of sp³-hybridized carbons (Fsp3) is 0.294. The molecule has 0 spiro atoms. The summed E-state index contributed by atoms with van der Waals surface area (Å²) in [4.78, 5) is 0.308. The molecule has 2 rings (SSSR count). The van der Waals surface area contributed by atoms with Gasteiger partial charge in [0.2, 0.25) is 0 Å². The maximum atomic E-state index is 6.20. The minimum atomic E-state index is 0.308. The van der Waals surface area contributed by atoms with Crippen molar-refractivity contribution in [2.45, 2.75) is 31.0 Å². The maximum absolute atomic E-state index is 6.20. The summed E-state index contributed by atoms with van der Waals surface area (Å²) in [5, 5.41) is 0.842. The van der Waals surface area contributed by atoms with E-state index in [0.29, 0.717) is 4.83 Å². The van der Waals surface area contributed by atoms with Gasteiger partial charge in [-0.2, -0.15) is 0 Å². The second-order valence-electron chi connectivity index (χ2n) is 4.75. The van der Waals surface area contributed by atoms with Gasteiger partial charge >= 0.3 is 0 Å². The molecule has 0 saturated heterocycles. The largest absolute Gasteiger partial charge is 0.0840 e. The van der Waals surface area contributed by atoms with Crippen molar-refractivity contribution in [2.24, 2.45) is 0 Å². The van der Waals surface area contributed by atoms with Crippen LogP contribution < -0.4 is 0 Å². The van der Waals surface area contributed by atoms with Crippen molar-refractivity contribution in [3.8, 4) is 0 Å². The fourth-order valence-electron chi connectivity index (χ4n) is 2.16. The standard InChI is InChI=1S/C17H18BrCl/c1-2-5-13-8-10-14(11-9-13)16(18)12-15-6-3-4-7-17(15)19/h3-4,6-11,16H,2,5,12H2,1H3. The number of hydrogen-bond donors (Lipinski definition) is 0. The van der Waals surface area contributed by atoms with E-state index >= 15 is 0 Å². The predicted molar refractivity (Wildman–Crippen MR) is 87.3 cm³/mol. The van der Waals surface area contributed by atoms with E-state index in [2.05, 4.69) is 53.2 Å². The van der Waals surface area contributed by atoms with Crippen LogP contribution in [0.15, 0.2) is 48.5 Å². The summed E-state index contributed by atoms with van der Waals surface area (Å²) in [6, 6.07) is 16.9. The topological polar surface area (TPSA) is 0 Å². The molecule has 0 aromatic heterocycles. The van der Waals surface area contributed by atoms with E-state index in [1.165, 1.54) is 23.1 Å². The van der Waals surface area contributed by atoms with Gasteiger partial charge in [-0.3, -0.25) is 0 Å². The van der Waals surface area contributed by atoms with Crippen LogP contribution in [0.4, 0.5) is 0 Å². The number of halogens is 2. The average Bonchev–Trinajstić information content (AvgIpc) is 2.42. The zero-order valence-corrected chi connectivity index (χ0v) is 13.4. The Hall–Kier alpha value is -0.790. The number of benzene rings is 2. The molecule has 0 radical (unpaired) electrons. The van der Waals surface area contributed by atoms with Crippen LogP contribution in [0.1, 0.15) is 34.9 Å². The van der Waals surface area contributed by atoms with Crippen molar-refractivity contribution in [1.82, 2.24) is 0 Å². The van der Waals surface area contributed by atoms with Crippen molar-refractivity contribution in [3.63, 3.8) is 0 Å². The lowest BCUT2D eigenvalue weighted by molar-refractivity contribution is 0.912. The van der Waals surface area contributed by atoms with Gasteiger partial charge in [0.15, 0.2) is 0 Å². The molecule has 2 heteroatoms. The Morgan fingerprint density at radius 1 is 1.05 bits per heavy atom. The summed E-state index contributed by atoms with van der Waals surface area (Å²) >= 11 is 9.96. The lowest BCUT2D eigenvalue weighted by atomic mass is 10.0. The molecule has 0 nitrogen and oxygen atoms in total. The number of hydrogen-bond acceptors (Lipinski definition) is 0. The Bertz CT molecular complexity index is 519. The average molecular weight is 338 g/mol. The van der Waals surface area contributed by atoms with Gasteiger partial charge in [-0.1, -0.05) is 83.3 Å². The van der Waals surface area contributed by atoms with Crippen LogP contribution in [0.25, 0.3) is 0 Å². The monoisotopic (exact) mass is 336 g/mol. The van der Waals surface area contributed by atoms with Gasteiger partial charge in [0.1, 0.15) is 0 Å². The Morgan fingerprint density at radius 3 is 2.37 bits per heavy atom. The molecule has 19 heavy (non-hydrogen) atoms. The molecule has 0 aliphatic heterocycles. The van der Waals surface area contributed by atoms with Gasteiger partial charge in [0, 0.05) is 9.85 Å². The third-order valence-electron chi connectivity index (χ3n) is 3.24. The van der Waals surface area contributed by atoms with Crippen LogP contribution in [0.2, 0.25) is 5.02 Å². The molecule has 1 atom stereocenters. The normalized spacial score (nSPS) is 12.4. The quantitative estimate of drug-likeness (QED) is 0.589. The van der Waals surface area contributed by atoms with Gasteiger partial charge in [-0.15, -0.1) is 0 Å². The van der Waals surface area contributed by atoms with Gasteiger partial charge in [-0.25, -0.2) is 0 Å². The highest BCUT2D eigenvalue weighted by molar-refractivity contribution is 9.09. The third-order valence-corrected chi connectivity index (χ3v) is 4.46. The minimum Gasteiger partial charge on any atom is -0.0840 e. The molecule has 0 aliphatic rings. The fourth-order valence-corrected chi connectivity index (χ4v) is 3.02. The number of alkyl halides is 1. The molecular weight excluding hydrogens is 320 g/mol. The highest BCUT2D eigenvalue weighted by atomic mass is 79.9. The first-order valence-corrected chi connectivity index (χ1v) is 7.96. The van der Waals surface area contributed by atoms with Gasteiger partial charge in [0.05, 0.1) is 0 Å². The van der Waals surface area contributed by atoms with E-state index < -0.39 is 0 Å². The molecule has 0 amide bonds. The molecule has 100 valence electrons. The van der Waals surface area contributed by atoms with Gasteiger partial charge in [0.25, 0.3) is 0 Å². The van der Waals surface area contributed by atoms with E-state index in [9.17, 15) is 0 Å². The zero-order chi connectivity index (χ0) is 13.7. The van der Waals surface area contributed by atoms with Crippen LogP contribution in [0.5, 0.6) is 0 Å². The Morgan fingerprint density at radius 2 is 1.74 bits per heavy atom. The maximum Gasteiger partial charge on any atom is 0.0438 e. The van der Waals surface area contributed by atoms with Crippen LogP contribution in [-0.2, 0) is 12.8 Å². The van der Waals surface area contributed by atoms with Crippen molar-refractivity contribution < 1.29 is 0 Å². The summed E-state index contributed by atoms with van der Waals surface area (Å²) in [6.45, 7) is 2.21. The first kappa shape index (κ1) is 14.6. The Labute approximate surface area is 128 Å². The van der Waals surface area contributed by atoms with E-state index in [1.54, 1.807) is 0 Å². The lowest BCUT2D eigenvalue weighted by Gasteiger charge is -2.12. The molecule has 0 heterocycles. The summed E-state index contributed by atoms with van der Waals surface area (Å²) in [6.07, 6.45) is 3.25.